The van der Waals surface area contributed by atoms with E-state index in [0.717, 1.165) is 28.3 Å². The van der Waals surface area contributed by atoms with Crippen LogP contribution >= 0.6 is 11.3 Å². The molecule has 0 saturated carbocycles. The van der Waals surface area contributed by atoms with Crippen LogP contribution in [0.3, 0.4) is 0 Å². The highest BCUT2D eigenvalue weighted by atomic mass is 32.1. The molecule has 0 aliphatic rings. The molecule has 25 heavy (non-hydrogen) atoms. The van der Waals surface area contributed by atoms with Crippen molar-refractivity contribution in [2.45, 2.75) is 19.8 Å². The fourth-order valence-electron chi connectivity index (χ4n) is 2.55. The van der Waals surface area contributed by atoms with Gasteiger partial charge in [0, 0.05) is 22.8 Å². The van der Waals surface area contributed by atoms with Gasteiger partial charge < -0.3 is 0 Å². The van der Waals surface area contributed by atoms with Gasteiger partial charge >= 0.3 is 0 Å². The fourth-order valence-corrected chi connectivity index (χ4v) is 3.43. The molecule has 0 aliphatic carbocycles. The smallest absolute Gasteiger partial charge is 0.269 e. The van der Waals surface area contributed by atoms with E-state index in [1.54, 1.807) is 0 Å². The van der Waals surface area contributed by atoms with Gasteiger partial charge in [-0.05, 0) is 17.2 Å². The van der Waals surface area contributed by atoms with E-state index in [1.807, 2.05) is 16.0 Å². The minimum absolute atomic E-state index is 0.166. The molecular formula is C16H15N7OS. The first-order valence-corrected chi connectivity index (χ1v) is 8.69. The van der Waals surface area contributed by atoms with Gasteiger partial charge in [-0.2, -0.15) is 5.21 Å². The Morgan fingerprint density at radius 1 is 1.32 bits per heavy atom. The lowest BCUT2D eigenvalue weighted by Gasteiger charge is -2.00. The molecule has 0 fully saturated rings. The summed E-state index contributed by atoms with van der Waals surface area (Å²) in [6, 6.07) is 8.38. The Morgan fingerprint density at radius 3 is 2.88 bits per heavy atom. The van der Waals surface area contributed by atoms with E-state index in [1.165, 1.54) is 16.9 Å². The largest absolute Gasteiger partial charge is 0.294 e. The molecular weight excluding hydrogens is 338 g/mol. The number of thiazole rings is 1. The number of aryl methyl sites for hydroxylation is 1. The normalized spacial score (nSPS) is 11.1. The van der Waals surface area contributed by atoms with Gasteiger partial charge in [0.2, 0.25) is 5.91 Å². The van der Waals surface area contributed by atoms with Crippen LogP contribution in [0.15, 0.2) is 35.8 Å². The summed E-state index contributed by atoms with van der Waals surface area (Å²) in [6.07, 6.45) is 3.18. The summed E-state index contributed by atoms with van der Waals surface area (Å²) in [5, 5.41) is 17.6. The number of aromatic amines is 1. The Balaban J connectivity index is 1.56. The first-order valence-electron chi connectivity index (χ1n) is 7.81. The number of nitrogens with zero attached hydrogens (tertiary/aromatic N) is 5. The number of aromatic nitrogens is 6. The van der Waals surface area contributed by atoms with E-state index < -0.39 is 0 Å². The maximum atomic E-state index is 12.1. The van der Waals surface area contributed by atoms with Crippen LogP contribution in [0.25, 0.3) is 16.2 Å². The van der Waals surface area contributed by atoms with E-state index in [4.69, 9.17) is 0 Å². The van der Waals surface area contributed by atoms with E-state index in [2.05, 4.69) is 62.1 Å². The Hall–Kier alpha value is -3.07. The summed E-state index contributed by atoms with van der Waals surface area (Å²) >= 11 is 1.51. The van der Waals surface area contributed by atoms with Crippen LogP contribution in [0.2, 0.25) is 0 Å². The number of benzene rings is 1. The van der Waals surface area contributed by atoms with E-state index >= 15 is 0 Å². The van der Waals surface area contributed by atoms with Crippen molar-refractivity contribution in [3.05, 3.63) is 47.1 Å². The monoisotopic (exact) mass is 353 g/mol. The number of carbonyl (C=O) groups excluding carboxylic acids is 1. The molecule has 0 spiro atoms. The molecule has 0 aliphatic heterocycles. The molecule has 8 nitrogen and oxygen atoms in total. The Morgan fingerprint density at radius 2 is 2.16 bits per heavy atom. The first kappa shape index (κ1) is 15.5. The number of hydrogen-bond donors (Lipinski definition) is 2. The van der Waals surface area contributed by atoms with E-state index in [0.29, 0.717) is 0 Å². The molecule has 0 bridgehead atoms. The lowest BCUT2D eigenvalue weighted by atomic mass is 10.1. The highest BCUT2D eigenvalue weighted by Gasteiger charge is 2.13. The zero-order valence-corrected chi connectivity index (χ0v) is 14.2. The van der Waals surface area contributed by atoms with Gasteiger partial charge in [-0.15, -0.1) is 16.4 Å². The molecule has 9 heteroatoms. The summed E-state index contributed by atoms with van der Waals surface area (Å²) in [5.74, 6) is -0.0394. The Kier molecular flexibility index (Phi) is 3.98. The number of H-pyrrole nitrogens is 1. The SMILES string of the molecule is CCc1ccc(-c2cn3c(CC(=O)Nc4nn[nH]n4)csc3n2)cc1. The molecule has 0 atom stereocenters. The van der Waals surface area contributed by atoms with Gasteiger partial charge in [0.15, 0.2) is 4.96 Å². The zero-order valence-electron chi connectivity index (χ0n) is 13.4. The second kappa shape index (κ2) is 6.44. The molecule has 3 aromatic heterocycles. The number of carbonyl (C=O) groups is 1. The summed E-state index contributed by atoms with van der Waals surface area (Å²) < 4.78 is 1.95. The predicted octanol–water partition coefficient (Wildman–Crippen LogP) is 2.32. The minimum atomic E-state index is -0.205. The molecule has 0 saturated heterocycles. The predicted molar refractivity (Wildman–Crippen MR) is 94.4 cm³/mol. The van der Waals surface area contributed by atoms with Crippen LogP contribution in [0, 0.1) is 0 Å². The highest BCUT2D eigenvalue weighted by Crippen LogP contribution is 2.24. The third-order valence-corrected chi connectivity index (χ3v) is 4.77. The number of amides is 1. The molecule has 3 heterocycles. The molecule has 0 radical (unpaired) electrons. The maximum Gasteiger partial charge on any atom is 0.269 e. The second-order valence-electron chi connectivity index (χ2n) is 5.52. The van der Waals surface area contributed by atoms with Crippen LogP contribution in [0.4, 0.5) is 5.95 Å². The number of imidazole rings is 1. The van der Waals surface area contributed by atoms with Crippen molar-refractivity contribution >= 4 is 28.2 Å². The zero-order chi connectivity index (χ0) is 17.2. The van der Waals surface area contributed by atoms with Crippen molar-refractivity contribution in [3.63, 3.8) is 0 Å². The Labute approximate surface area is 146 Å². The molecule has 2 N–H and O–H groups in total. The topological polar surface area (TPSA) is 101 Å². The van der Waals surface area contributed by atoms with Gasteiger partial charge in [0.1, 0.15) is 0 Å². The molecule has 1 amide bonds. The van der Waals surface area contributed by atoms with Crippen molar-refractivity contribution in [2.75, 3.05) is 5.32 Å². The third-order valence-electron chi connectivity index (χ3n) is 3.88. The molecule has 0 unspecified atom stereocenters. The van der Waals surface area contributed by atoms with E-state index in [-0.39, 0.29) is 18.3 Å². The van der Waals surface area contributed by atoms with Crippen molar-refractivity contribution in [1.29, 1.82) is 0 Å². The number of nitrogens with one attached hydrogen (secondary N) is 2. The number of anilines is 1. The van der Waals surface area contributed by atoms with Crippen molar-refractivity contribution in [2.24, 2.45) is 0 Å². The number of fused-ring (bicyclic) bond motifs is 1. The van der Waals surface area contributed by atoms with Crippen LogP contribution in [0.5, 0.6) is 0 Å². The highest BCUT2D eigenvalue weighted by molar-refractivity contribution is 7.15. The van der Waals surface area contributed by atoms with Crippen LogP contribution in [-0.2, 0) is 17.6 Å². The van der Waals surface area contributed by atoms with Crippen LogP contribution in [0.1, 0.15) is 18.2 Å². The van der Waals surface area contributed by atoms with Crippen LogP contribution < -0.4 is 5.32 Å². The third kappa shape index (κ3) is 3.13. The summed E-state index contributed by atoms with van der Waals surface area (Å²) in [4.78, 5) is 17.6. The maximum absolute atomic E-state index is 12.1. The van der Waals surface area contributed by atoms with Gasteiger partial charge in [-0.25, -0.2) is 4.98 Å². The van der Waals surface area contributed by atoms with Crippen molar-refractivity contribution in [1.82, 2.24) is 30.0 Å². The standard InChI is InChI=1S/C16H15N7OS/c1-2-10-3-5-11(6-4-10)13-8-23-12(9-25-16(23)17-13)7-14(24)18-15-19-21-22-20-15/h3-6,8-9H,2,7H2,1H3,(H2,18,19,20,21,22,24). The summed E-state index contributed by atoms with van der Waals surface area (Å²) in [5.41, 5.74) is 4.12. The van der Waals surface area contributed by atoms with Gasteiger partial charge in [0.05, 0.1) is 12.1 Å². The van der Waals surface area contributed by atoms with Gasteiger partial charge in [-0.1, -0.05) is 36.3 Å². The van der Waals surface area contributed by atoms with Gasteiger partial charge in [-0.3, -0.25) is 14.5 Å². The minimum Gasteiger partial charge on any atom is -0.294 e. The lowest BCUT2D eigenvalue weighted by molar-refractivity contribution is -0.115. The van der Waals surface area contributed by atoms with Gasteiger partial charge in [0.25, 0.3) is 5.95 Å². The van der Waals surface area contributed by atoms with Crippen molar-refractivity contribution < 1.29 is 4.79 Å². The molecule has 4 aromatic rings. The molecule has 126 valence electrons. The van der Waals surface area contributed by atoms with Crippen LogP contribution in [-0.4, -0.2) is 35.9 Å². The average molecular weight is 353 g/mol. The number of hydrogen-bond acceptors (Lipinski definition) is 6. The van der Waals surface area contributed by atoms with Crippen molar-refractivity contribution in [3.8, 4) is 11.3 Å². The Bertz CT molecular complexity index is 1000. The number of tetrazole rings is 1. The van der Waals surface area contributed by atoms with E-state index in [9.17, 15) is 4.79 Å². The molecule has 1 aromatic carbocycles. The average Bonchev–Trinajstić information content (AvgIpc) is 3.34. The fraction of sp³-hybridized carbons (Fsp3) is 0.188. The molecule has 4 rings (SSSR count). The summed E-state index contributed by atoms with van der Waals surface area (Å²) in [6.45, 7) is 2.13. The summed E-state index contributed by atoms with van der Waals surface area (Å²) in [7, 11) is 0. The first-order chi connectivity index (χ1) is 12.2. The second-order valence-corrected chi connectivity index (χ2v) is 6.35. The number of rotatable bonds is 5. The quantitative estimate of drug-likeness (QED) is 0.573. The lowest BCUT2D eigenvalue weighted by Crippen LogP contribution is -2.16.